The molecule has 0 aliphatic carbocycles. The molecule has 0 spiro atoms. The van der Waals surface area contributed by atoms with Crippen molar-refractivity contribution in [2.24, 2.45) is 0 Å². The highest BCUT2D eigenvalue weighted by Gasteiger charge is 2.33. The molecule has 0 saturated carbocycles. The van der Waals surface area contributed by atoms with Crippen molar-refractivity contribution in [1.29, 1.82) is 0 Å². The van der Waals surface area contributed by atoms with E-state index in [0.717, 1.165) is 6.42 Å². The third-order valence-corrected chi connectivity index (χ3v) is 3.70. The summed E-state index contributed by atoms with van der Waals surface area (Å²) in [6.07, 6.45) is 2.40. The van der Waals surface area contributed by atoms with E-state index in [9.17, 15) is 4.79 Å². The van der Waals surface area contributed by atoms with Crippen LogP contribution in [-0.4, -0.2) is 45.1 Å². The number of amides is 1. The van der Waals surface area contributed by atoms with Gasteiger partial charge in [-0.1, -0.05) is 5.16 Å². The van der Waals surface area contributed by atoms with Gasteiger partial charge in [-0.05, 0) is 39.3 Å². The zero-order valence-corrected chi connectivity index (χ0v) is 13.5. The highest BCUT2D eigenvalue weighted by atomic mass is 16.5. The van der Waals surface area contributed by atoms with Crippen molar-refractivity contribution in [2.45, 2.75) is 39.2 Å². The van der Waals surface area contributed by atoms with Crippen molar-refractivity contribution >= 4 is 5.91 Å². The van der Waals surface area contributed by atoms with Crippen LogP contribution in [0.1, 0.15) is 48.4 Å². The van der Waals surface area contributed by atoms with Gasteiger partial charge in [0.15, 0.2) is 17.3 Å². The molecule has 1 aliphatic rings. The maximum Gasteiger partial charge on any atom is 0.276 e. The van der Waals surface area contributed by atoms with Gasteiger partial charge in [-0.15, -0.1) is 0 Å². The van der Waals surface area contributed by atoms with E-state index in [1.807, 2.05) is 13.8 Å². The van der Waals surface area contributed by atoms with Crippen molar-refractivity contribution in [3.05, 3.63) is 35.7 Å². The molecule has 1 saturated heterocycles. The fourth-order valence-corrected chi connectivity index (χ4v) is 2.68. The molecule has 1 fully saturated rings. The van der Waals surface area contributed by atoms with E-state index >= 15 is 0 Å². The molecule has 23 heavy (non-hydrogen) atoms. The lowest BCUT2D eigenvalue weighted by Gasteiger charge is -2.18. The first-order valence-electron chi connectivity index (χ1n) is 7.75. The lowest BCUT2D eigenvalue weighted by atomic mass is 10.1. The third-order valence-electron chi connectivity index (χ3n) is 3.70. The molecule has 0 N–H and O–H groups in total. The first-order chi connectivity index (χ1) is 11.0. The monoisotopic (exact) mass is 316 g/mol. The van der Waals surface area contributed by atoms with Crippen LogP contribution in [0, 0.1) is 6.92 Å². The number of nitrogens with zero attached hydrogens (tertiary/aromatic N) is 4. The number of aryl methyl sites for hydroxylation is 1. The van der Waals surface area contributed by atoms with Crippen molar-refractivity contribution < 1.29 is 14.1 Å². The molecule has 0 bridgehead atoms. The van der Waals surface area contributed by atoms with Crippen LogP contribution in [0.25, 0.3) is 0 Å². The Morgan fingerprint density at radius 2 is 2.30 bits per heavy atom. The molecular weight excluding hydrogens is 296 g/mol. The van der Waals surface area contributed by atoms with Gasteiger partial charge in [0.25, 0.3) is 5.91 Å². The fraction of sp³-hybridized carbons (Fsp3) is 0.500. The van der Waals surface area contributed by atoms with Crippen molar-refractivity contribution in [2.75, 3.05) is 13.1 Å². The zero-order chi connectivity index (χ0) is 16.4. The number of carbonyl (C=O) groups is 1. The molecule has 1 atom stereocenters. The highest BCUT2D eigenvalue weighted by molar-refractivity contribution is 5.95. The van der Waals surface area contributed by atoms with Gasteiger partial charge in [-0.25, -0.2) is 4.98 Å². The number of carbonyl (C=O) groups excluding carboxylic acids is 1. The number of likely N-dealkylation sites (tertiary alicyclic amines) is 1. The van der Waals surface area contributed by atoms with Gasteiger partial charge in [-0.3, -0.25) is 4.79 Å². The van der Waals surface area contributed by atoms with Crippen LogP contribution in [0.15, 0.2) is 22.9 Å². The first-order valence-corrected chi connectivity index (χ1v) is 7.75. The molecule has 2 aromatic heterocycles. The molecule has 3 rings (SSSR count). The zero-order valence-electron chi connectivity index (χ0n) is 13.5. The topological polar surface area (TPSA) is 81.4 Å². The van der Waals surface area contributed by atoms with Gasteiger partial charge in [0, 0.05) is 19.3 Å². The smallest absolute Gasteiger partial charge is 0.276 e. The normalized spacial score (nSPS) is 17.7. The van der Waals surface area contributed by atoms with Crippen molar-refractivity contribution in [1.82, 2.24) is 20.0 Å². The maximum absolute atomic E-state index is 12.7. The summed E-state index contributed by atoms with van der Waals surface area (Å²) in [7, 11) is 0. The third kappa shape index (κ3) is 3.33. The molecule has 1 unspecified atom stereocenters. The lowest BCUT2D eigenvalue weighted by Crippen LogP contribution is -2.30. The SMILES string of the molecule is Cc1noc(C2CCN(C(=O)c3ncccc3OC(C)C)C2)n1. The fourth-order valence-electron chi connectivity index (χ4n) is 2.68. The second-order valence-electron chi connectivity index (χ2n) is 5.93. The predicted molar refractivity (Wildman–Crippen MR) is 82.3 cm³/mol. The van der Waals surface area contributed by atoms with Crippen LogP contribution in [0.3, 0.4) is 0 Å². The van der Waals surface area contributed by atoms with E-state index in [1.54, 1.807) is 30.2 Å². The minimum absolute atomic E-state index is 0.0153. The van der Waals surface area contributed by atoms with Crippen molar-refractivity contribution in [3.63, 3.8) is 0 Å². The quantitative estimate of drug-likeness (QED) is 0.860. The largest absolute Gasteiger partial charge is 0.489 e. The van der Waals surface area contributed by atoms with Crippen LogP contribution >= 0.6 is 0 Å². The second kappa shape index (κ2) is 6.36. The Balaban J connectivity index is 1.74. The molecule has 1 amide bonds. The summed E-state index contributed by atoms with van der Waals surface area (Å²) in [5.74, 6) is 1.68. The molecule has 0 aromatic carbocycles. The number of ether oxygens (including phenoxy) is 1. The van der Waals surface area contributed by atoms with Crippen LogP contribution in [0.5, 0.6) is 5.75 Å². The van der Waals surface area contributed by atoms with Gasteiger partial charge >= 0.3 is 0 Å². The Morgan fingerprint density at radius 1 is 1.48 bits per heavy atom. The van der Waals surface area contributed by atoms with E-state index in [1.165, 1.54) is 0 Å². The molecule has 2 aromatic rings. The summed E-state index contributed by atoms with van der Waals surface area (Å²) in [6, 6.07) is 3.54. The Hall–Kier alpha value is -2.44. The van der Waals surface area contributed by atoms with Crippen LogP contribution in [-0.2, 0) is 0 Å². The van der Waals surface area contributed by atoms with Gasteiger partial charge < -0.3 is 14.2 Å². The standard InChI is InChI=1S/C16H20N4O3/c1-10(2)22-13-5-4-7-17-14(13)16(21)20-8-6-12(9-20)15-18-11(3)19-23-15/h4-5,7,10,12H,6,8-9H2,1-3H3. The lowest BCUT2D eigenvalue weighted by molar-refractivity contribution is 0.0777. The molecule has 122 valence electrons. The summed E-state index contributed by atoms with van der Waals surface area (Å²) < 4.78 is 10.9. The number of hydrogen-bond acceptors (Lipinski definition) is 6. The molecule has 7 nitrogen and oxygen atoms in total. The molecule has 3 heterocycles. The summed E-state index contributed by atoms with van der Waals surface area (Å²) in [5, 5.41) is 3.81. The molecular formula is C16H20N4O3. The summed E-state index contributed by atoms with van der Waals surface area (Å²) in [6.45, 7) is 6.82. The number of pyridine rings is 1. The predicted octanol–water partition coefficient (Wildman–Crippen LogP) is 2.19. The Morgan fingerprint density at radius 3 is 3.00 bits per heavy atom. The van der Waals surface area contributed by atoms with Crippen molar-refractivity contribution in [3.8, 4) is 5.75 Å². The van der Waals surface area contributed by atoms with Gasteiger partial charge in [0.2, 0.25) is 5.89 Å². The first kappa shape index (κ1) is 15.5. The number of rotatable bonds is 4. The average molecular weight is 316 g/mol. The Bertz CT molecular complexity index is 698. The van der Waals surface area contributed by atoms with Crippen LogP contribution in [0.4, 0.5) is 0 Å². The van der Waals surface area contributed by atoms with Crippen LogP contribution in [0.2, 0.25) is 0 Å². The summed E-state index contributed by atoms with van der Waals surface area (Å²) in [4.78, 5) is 23.0. The maximum atomic E-state index is 12.7. The average Bonchev–Trinajstić information content (AvgIpc) is 3.15. The van der Waals surface area contributed by atoms with E-state index in [-0.39, 0.29) is 17.9 Å². The Kier molecular flexibility index (Phi) is 4.27. The van der Waals surface area contributed by atoms with E-state index in [2.05, 4.69) is 15.1 Å². The number of aromatic nitrogens is 3. The minimum Gasteiger partial charge on any atom is -0.489 e. The van der Waals surface area contributed by atoms with Crippen LogP contribution < -0.4 is 4.74 Å². The van der Waals surface area contributed by atoms with Gasteiger partial charge in [0.1, 0.15) is 0 Å². The van der Waals surface area contributed by atoms with E-state index in [4.69, 9.17) is 9.26 Å². The molecule has 7 heteroatoms. The minimum atomic E-state index is -0.125. The summed E-state index contributed by atoms with van der Waals surface area (Å²) >= 11 is 0. The highest BCUT2D eigenvalue weighted by Crippen LogP contribution is 2.28. The van der Waals surface area contributed by atoms with E-state index < -0.39 is 0 Å². The van der Waals surface area contributed by atoms with Gasteiger partial charge in [-0.2, -0.15) is 4.98 Å². The summed E-state index contributed by atoms with van der Waals surface area (Å²) in [5.41, 5.74) is 0.351. The number of hydrogen-bond donors (Lipinski definition) is 0. The molecule has 1 aliphatic heterocycles. The molecule has 0 radical (unpaired) electrons. The van der Waals surface area contributed by atoms with Gasteiger partial charge in [0.05, 0.1) is 12.0 Å². The second-order valence-corrected chi connectivity index (χ2v) is 5.93. The Labute approximate surface area is 134 Å². The van der Waals surface area contributed by atoms with E-state index in [0.29, 0.717) is 36.2 Å².